The molecule has 3 amide bonds. The molecule has 0 saturated heterocycles. The number of alkyl halides is 1. The first kappa shape index (κ1) is 50.5. The maximum atomic E-state index is 13.8. The van der Waals surface area contributed by atoms with E-state index in [-0.39, 0.29) is 44.9 Å². The number of cyclic esters (lactones) is 2. The quantitative estimate of drug-likeness (QED) is 0.106. The molecular weight excluding hydrogens is 833 g/mol. The van der Waals surface area contributed by atoms with Crippen LogP contribution in [0, 0.1) is 17.3 Å². The Morgan fingerprint density at radius 1 is 1.02 bits per heavy atom. The lowest BCUT2D eigenvalue weighted by molar-refractivity contribution is -0.180. The first-order valence-corrected chi connectivity index (χ1v) is 20.8. The Kier molecular flexibility index (Phi) is 18.9. The largest absolute Gasteiger partial charge is 0.495 e. The molecule has 4 N–H and O–H groups in total. The summed E-state index contributed by atoms with van der Waals surface area (Å²) in [6.07, 6.45) is -1.65. The maximum absolute atomic E-state index is 13.8. The highest BCUT2D eigenvalue weighted by molar-refractivity contribution is 6.32. The number of halogens is 2. The van der Waals surface area contributed by atoms with E-state index >= 15 is 0 Å². The van der Waals surface area contributed by atoms with Crippen LogP contribution >= 0.6 is 23.2 Å². The molecule has 336 valence electrons. The van der Waals surface area contributed by atoms with Crippen LogP contribution < -0.4 is 20.7 Å². The Labute approximate surface area is 367 Å². The summed E-state index contributed by atoms with van der Waals surface area (Å²) in [5.74, 6) is -3.96. The number of methoxy groups -OCH3 is 1. The summed E-state index contributed by atoms with van der Waals surface area (Å²) in [6, 6.07) is 10.5. The van der Waals surface area contributed by atoms with Gasteiger partial charge in [-0.15, -0.1) is 11.6 Å². The van der Waals surface area contributed by atoms with E-state index in [2.05, 4.69) is 16.0 Å². The molecule has 0 spiro atoms. The highest BCUT2D eigenvalue weighted by Crippen LogP contribution is 2.33. The predicted molar refractivity (Wildman–Crippen MR) is 228 cm³/mol. The second kappa shape index (κ2) is 22.8. The summed E-state index contributed by atoms with van der Waals surface area (Å²) in [7, 11) is 1.48. The molecule has 3 rings (SSSR count). The number of aliphatic hydroxyl groups excluding tert-OH is 1. The first-order chi connectivity index (χ1) is 28.5. The third-order valence-electron chi connectivity index (χ3n) is 9.55. The smallest absolute Gasteiger partial charge is 0.408 e. The summed E-state index contributed by atoms with van der Waals surface area (Å²) in [5, 5.41) is 18.7. The van der Waals surface area contributed by atoms with Crippen LogP contribution in [0.3, 0.4) is 0 Å². The standard InChI is InChI=1S/C44H59Cl2N3O12/c1-25(2)19-34-40(54)59-32(26(3)38(52)37(46)29-16-13-27(14-17-29)23-58-36(51)22-47-42(56)61-43(4,5)6)11-10-12-35(50)49-31(21-28-15-18-33(57-9)30(45)20-28)39(53)48-24-44(7,8)41(55)60-34/h10,12-18,20,25-26,31-32,34,37-38,52H,11,19,21-24H2,1-9H3,(H,47,56)(H,48,53)(H,49,50)/b12-10+/t26-,31+,32-,34-,37-,38+/m0/s1. The number of aliphatic hydroxyl groups is 1. The Bertz CT molecular complexity index is 1880. The fourth-order valence-corrected chi connectivity index (χ4v) is 6.63. The molecule has 1 aliphatic rings. The fraction of sp³-hybridized carbons (Fsp3) is 0.545. The van der Waals surface area contributed by atoms with Crippen LogP contribution in [0.1, 0.15) is 90.3 Å². The van der Waals surface area contributed by atoms with E-state index in [9.17, 15) is 33.9 Å². The Hall–Kier alpha value is -4.86. The Morgan fingerprint density at radius 2 is 1.67 bits per heavy atom. The minimum atomic E-state index is -1.32. The van der Waals surface area contributed by atoms with Crippen molar-refractivity contribution in [1.82, 2.24) is 16.0 Å². The molecule has 1 heterocycles. The van der Waals surface area contributed by atoms with Crippen molar-refractivity contribution in [2.45, 2.75) is 117 Å². The van der Waals surface area contributed by atoms with Crippen LogP contribution in [0.4, 0.5) is 4.79 Å². The fourth-order valence-electron chi connectivity index (χ4n) is 5.97. The normalized spacial score (nSPS) is 21.1. The number of hydrogen-bond donors (Lipinski definition) is 4. The molecule has 2 aromatic rings. The van der Waals surface area contributed by atoms with Crippen molar-refractivity contribution < 1.29 is 57.6 Å². The topological polar surface area (TPSA) is 205 Å². The van der Waals surface area contributed by atoms with Gasteiger partial charge in [0.15, 0.2) is 6.10 Å². The van der Waals surface area contributed by atoms with Crippen molar-refractivity contribution in [3.05, 3.63) is 76.3 Å². The Morgan fingerprint density at radius 3 is 2.28 bits per heavy atom. The summed E-state index contributed by atoms with van der Waals surface area (Å²) >= 11 is 13.2. The molecule has 0 radical (unpaired) electrons. The number of rotatable bonds is 13. The van der Waals surface area contributed by atoms with Gasteiger partial charge in [0.05, 0.1) is 29.0 Å². The number of ether oxygens (including phenoxy) is 5. The van der Waals surface area contributed by atoms with E-state index in [0.717, 1.165) is 0 Å². The molecule has 2 aromatic carbocycles. The van der Waals surface area contributed by atoms with Crippen LogP contribution in [0.25, 0.3) is 0 Å². The molecule has 0 saturated carbocycles. The molecule has 1 aliphatic heterocycles. The average molecular weight is 893 g/mol. The third kappa shape index (κ3) is 16.5. The number of benzene rings is 2. The molecule has 0 fully saturated rings. The summed E-state index contributed by atoms with van der Waals surface area (Å²) < 4.78 is 27.3. The molecule has 0 aromatic heterocycles. The SMILES string of the molecule is COc1ccc(C[C@H]2NC(=O)/C=C/C[C@@H]([C@H](C)[C@@H](O)[C@@H](Cl)c3ccc(COC(=O)CNC(=O)OC(C)(C)C)cc3)OC(=O)[C@H](CC(C)C)OC(=O)C(C)(C)CNC2=O)cc1Cl. The predicted octanol–water partition coefficient (Wildman–Crippen LogP) is 5.89. The zero-order valence-corrected chi connectivity index (χ0v) is 37.7. The molecule has 61 heavy (non-hydrogen) atoms. The molecule has 6 atom stereocenters. The number of nitrogens with one attached hydrogen (secondary N) is 3. The van der Waals surface area contributed by atoms with Crippen molar-refractivity contribution in [2.24, 2.45) is 17.3 Å². The lowest BCUT2D eigenvalue weighted by Crippen LogP contribution is -2.51. The van der Waals surface area contributed by atoms with Gasteiger partial charge in [0.2, 0.25) is 11.8 Å². The number of carbonyl (C=O) groups excluding carboxylic acids is 6. The zero-order valence-electron chi connectivity index (χ0n) is 36.2. The van der Waals surface area contributed by atoms with E-state index in [0.29, 0.717) is 27.5 Å². The minimum absolute atomic E-state index is 0.0521. The van der Waals surface area contributed by atoms with Crippen molar-refractivity contribution in [3.63, 3.8) is 0 Å². The molecule has 0 bridgehead atoms. The lowest BCUT2D eigenvalue weighted by Gasteiger charge is -2.32. The minimum Gasteiger partial charge on any atom is -0.495 e. The van der Waals surface area contributed by atoms with E-state index in [1.165, 1.54) is 19.3 Å². The highest BCUT2D eigenvalue weighted by Gasteiger charge is 2.38. The van der Waals surface area contributed by atoms with E-state index in [1.807, 2.05) is 13.8 Å². The van der Waals surface area contributed by atoms with Gasteiger partial charge in [0.25, 0.3) is 0 Å². The molecule has 15 nitrogen and oxygen atoms in total. The van der Waals surface area contributed by atoms with Crippen molar-refractivity contribution in [3.8, 4) is 5.75 Å². The van der Waals surface area contributed by atoms with Crippen molar-refractivity contribution in [1.29, 1.82) is 0 Å². The van der Waals surface area contributed by atoms with Crippen LogP contribution in [0.15, 0.2) is 54.6 Å². The van der Waals surface area contributed by atoms with Gasteiger partial charge in [-0.2, -0.15) is 0 Å². The van der Waals surface area contributed by atoms with Gasteiger partial charge in [0, 0.05) is 25.3 Å². The van der Waals surface area contributed by atoms with Crippen molar-refractivity contribution in [2.75, 3.05) is 20.2 Å². The molecular formula is C44H59Cl2N3O12. The zero-order chi connectivity index (χ0) is 45.7. The van der Waals surface area contributed by atoms with Gasteiger partial charge in [-0.25, -0.2) is 9.59 Å². The van der Waals surface area contributed by atoms with E-state index in [1.54, 1.807) is 84.0 Å². The summed E-state index contributed by atoms with van der Waals surface area (Å²) in [5.41, 5.74) is -0.275. The van der Waals surface area contributed by atoms with Gasteiger partial charge >= 0.3 is 24.0 Å². The monoisotopic (exact) mass is 891 g/mol. The third-order valence-corrected chi connectivity index (χ3v) is 10.4. The summed E-state index contributed by atoms with van der Waals surface area (Å²) in [6.45, 7) is 12.9. The number of alkyl carbamates (subject to hydrolysis) is 1. The van der Waals surface area contributed by atoms with Gasteiger partial charge in [-0.1, -0.05) is 68.8 Å². The number of carbonyl (C=O) groups is 6. The summed E-state index contributed by atoms with van der Waals surface area (Å²) in [4.78, 5) is 78.2. The lowest BCUT2D eigenvalue weighted by atomic mass is 9.90. The van der Waals surface area contributed by atoms with Crippen molar-refractivity contribution >= 4 is 59.0 Å². The van der Waals surface area contributed by atoms with Gasteiger partial charge in [-0.3, -0.25) is 19.2 Å². The molecule has 17 heteroatoms. The number of hydrogen-bond acceptors (Lipinski definition) is 12. The maximum Gasteiger partial charge on any atom is 0.408 e. The van der Waals surface area contributed by atoms with E-state index in [4.69, 9.17) is 46.9 Å². The second-order valence-electron chi connectivity index (χ2n) is 17.0. The molecule has 0 unspecified atom stereocenters. The average Bonchev–Trinajstić information content (AvgIpc) is 3.18. The van der Waals surface area contributed by atoms with Crippen LogP contribution in [0.5, 0.6) is 5.75 Å². The number of esters is 3. The number of amides is 3. The Balaban J connectivity index is 1.83. The highest BCUT2D eigenvalue weighted by atomic mass is 35.5. The van der Waals surface area contributed by atoms with Gasteiger partial charge in [0.1, 0.15) is 36.6 Å². The van der Waals surface area contributed by atoms with Gasteiger partial charge < -0.3 is 44.7 Å². The van der Waals surface area contributed by atoms with Gasteiger partial charge in [-0.05, 0) is 81.9 Å². The van der Waals surface area contributed by atoms with E-state index < -0.39 is 82.5 Å². The first-order valence-electron chi connectivity index (χ1n) is 20.0. The van der Waals surface area contributed by atoms with Crippen LogP contribution in [0.2, 0.25) is 5.02 Å². The second-order valence-corrected chi connectivity index (χ2v) is 17.9. The molecule has 0 aliphatic carbocycles. The van der Waals surface area contributed by atoms with Crippen LogP contribution in [-0.2, 0) is 55.9 Å². The van der Waals surface area contributed by atoms with Crippen LogP contribution in [-0.4, -0.2) is 91.1 Å².